The van der Waals surface area contributed by atoms with Crippen LogP contribution >= 0.6 is 11.6 Å². The Kier molecular flexibility index (Phi) is 10.4. The number of fused-ring (bicyclic) bond motifs is 1. The SMILES string of the molecule is CC(=O)N(NCc1cccc(F)c1Cl)[C@@H](CCC(=O)N1CCN[C@H](C)C1)COC(=O)Nc1cc2ccccc2cn1. The number of nitrogens with zero attached hydrogens (tertiary/aromatic N) is 3. The quantitative estimate of drug-likeness (QED) is 0.307. The molecule has 3 N–H and O–H groups in total. The van der Waals surface area contributed by atoms with Gasteiger partial charge in [0, 0.05) is 57.1 Å². The van der Waals surface area contributed by atoms with Crippen molar-refractivity contribution in [2.75, 3.05) is 31.6 Å². The molecule has 2 heterocycles. The maximum absolute atomic E-state index is 14.0. The van der Waals surface area contributed by atoms with E-state index in [1.54, 1.807) is 23.2 Å². The van der Waals surface area contributed by atoms with Crippen LogP contribution in [0.4, 0.5) is 15.0 Å². The first-order valence-corrected chi connectivity index (χ1v) is 13.8. The van der Waals surface area contributed by atoms with Gasteiger partial charge in [-0.15, -0.1) is 0 Å². The van der Waals surface area contributed by atoms with E-state index in [-0.39, 0.29) is 48.9 Å². The number of pyridine rings is 1. The molecule has 1 aromatic heterocycles. The Labute approximate surface area is 243 Å². The minimum Gasteiger partial charge on any atom is -0.447 e. The number of anilines is 1. The van der Waals surface area contributed by atoms with E-state index in [0.717, 1.165) is 10.8 Å². The highest BCUT2D eigenvalue weighted by Gasteiger charge is 2.27. The first kappa shape index (κ1) is 30.2. The standard InChI is InChI=1S/C29H34ClFN6O4/c1-19-17-36(13-12-32-19)27(39)11-10-24(37(20(2)38)34-16-23-8-5-9-25(31)28(23)30)18-41-29(40)35-26-14-21-6-3-4-7-22(21)15-33-26/h3-9,14-15,19,24,32,34H,10-13,16-18H2,1-2H3,(H,33,35,40)/t19-,24+/m1/s1. The minimum atomic E-state index is -0.753. The first-order chi connectivity index (χ1) is 19.7. The summed E-state index contributed by atoms with van der Waals surface area (Å²) >= 11 is 6.10. The summed E-state index contributed by atoms with van der Waals surface area (Å²) in [6, 6.07) is 13.2. The van der Waals surface area contributed by atoms with E-state index in [9.17, 15) is 18.8 Å². The van der Waals surface area contributed by atoms with E-state index in [1.807, 2.05) is 31.2 Å². The fraction of sp³-hybridized carbons (Fsp3) is 0.379. The molecule has 0 radical (unpaired) electrons. The molecule has 1 aliphatic rings. The third kappa shape index (κ3) is 8.35. The fourth-order valence-electron chi connectivity index (χ4n) is 4.71. The number of hydrogen-bond donors (Lipinski definition) is 3. The van der Waals surface area contributed by atoms with Gasteiger partial charge < -0.3 is 15.0 Å². The van der Waals surface area contributed by atoms with Crippen molar-refractivity contribution in [3.05, 3.63) is 71.1 Å². The van der Waals surface area contributed by atoms with Crippen molar-refractivity contribution in [3.8, 4) is 0 Å². The number of aromatic nitrogens is 1. The van der Waals surface area contributed by atoms with E-state index in [2.05, 4.69) is 21.0 Å². The van der Waals surface area contributed by atoms with Crippen LogP contribution in [0, 0.1) is 5.82 Å². The largest absolute Gasteiger partial charge is 0.447 e. The molecule has 10 nitrogen and oxygen atoms in total. The lowest BCUT2D eigenvalue weighted by Gasteiger charge is -2.34. The summed E-state index contributed by atoms with van der Waals surface area (Å²) < 4.78 is 19.4. The topological polar surface area (TPSA) is 116 Å². The summed E-state index contributed by atoms with van der Waals surface area (Å²) in [5, 5.41) is 8.99. The summed E-state index contributed by atoms with van der Waals surface area (Å²) in [6.45, 7) is 5.10. The maximum Gasteiger partial charge on any atom is 0.412 e. The molecule has 4 rings (SSSR count). The lowest BCUT2D eigenvalue weighted by atomic mass is 10.1. The average molecular weight is 585 g/mol. The summed E-state index contributed by atoms with van der Waals surface area (Å²) in [5.74, 6) is -0.679. The van der Waals surface area contributed by atoms with Gasteiger partial charge >= 0.3 is 6.09 Å². The van der Waals surface area contributed by atoms with Crippen LogP contribution < -0.4 is 16.1 Å². The van der Waals surface area contributed by atoms with Crippen LogP contribution in [-0.4, -0.2) is 71.1 Å². The Hall–Kier alpha value is -3.80. The summed E-state index contributed by atoms with van der Waals surface area (Å²) in [5.41, 5.74) is 3.43. The molecule has 12 heteroatoms. The Morgan fingerprint density at radius 1 is 1.22 bits per heavy atom. The zero-order valence-electron chi connectivity index (χ0n) is 23.0. The number of ether oxygens (including phenoxy) is 1. The van der Waals surface area contributed by atoms with Crippen LogP contribution in [0.3, 0.4) is 0 Å². The number of nitrogens with one attached hydrogen (secondary N) is 3. The van der Waals surface area contributed by atoms with Crippen molar-refractivity contribution >= 4 is 46.1 Å². The van der Waals surface area contributed by atoms with Gasteiger partial charge in [-0.25, -0.2) is 19.6 Å². The number of hydrogen-bond acceptors (Lipinski definition) is 7. The molecular weight excluding hydrogens is 551 g/mol. The van der Waals surface area contributed by atoms with Crippen molar-refractivity contribution in [1.82, 2.24) is 25.6 Å². The predicted octanol–water partition coefficient (Wildman–Crippen LogP) is 4.10. The molecule has 1 saturated heterocycles. The van der Waals surface area contributed by atoms with Crippen molar-refractivity contribution in [2.45, 2.75) is 45.3 Å². The molecule has 3 aromatic rings. The molecule has 0 bridgehead atoms. The monoisotopic (exact) mass is 584 g/mol. The molecule has 3 amide bonds. The van der Waals surface area contributed by atoms with Gasteiger partial charge in [0.1, 0.15) is 18.2 Å². The van der Waals surface area contributed by atoms with Crippen LogP contribution in [0.25, 0.3) is 10.8 Å². The Morgan fingerprint density at radius 3 is 2.76 bits per heavy atom. The van der Waals surface area contributed by atoms with Crippen molar-refractivity contribution in [1.29, 1.82) is 0 Å². The second-order valence-corrected chi connectivity index (χ2v) is 10.3. The van der Waals surface area contributed by atoms with Gasteiger partial charge in [0.05, 0.1) is 11.1 Å². The highest BCUT2D eigenvalue weighted by Crippen LogP contribution is 2.20. The van der Waals surface area contributed by atoms with Crippen LogP contribution in [0.5, 0.6) is 0 Å². The molecule has 1 aliphatic heterocycles. The van der Waals surface area contributed by atoms with Gasteiger partial charge in [-0.05, 0) is 36.4 Å². The van der Waals surface area contributed by atoms with Gasteiger partial charge in [-0.3, -0.25) is 19.9 Å². The minimum absolute atomic E-state index is 0.0448. The number of hydrazine groups is 1. The number of rotatable bonds is 10. The molecule has 0 spiro atoms. The summed E-state index contributed by atoms with van der Waals surface area (Å²) in [6.07, 6.45) is 1.26. The summed E-state index contributed by atoms with van der Waals surface area (Å²) in [7, 11) is 0. The highest BCUT2D eigenvalue weighted by molar-refractivity contribution is 6.31. The molecule has 218 valence electrons. The molecule has 1 fully saturated rings. The number of benzene rings is 2. The van der Waals surface area contributed by atoms with E-state index >= 15 is 0 Å². The molecule has 0 unspecified atom stereocenters. The second-order valence-electron chi connectivity index (χ2n) is 9.96. The Bertz CT molecular complexity index is 1390. The molecular formula is C29H34ClFN6O4. The van der Waals surface area contributed by atoms with E-state index < -0.39 is 18.0 Å². The first-order valence-electron chi connectivity index (χ1n) is 13.5. The number of amides is 3. The number of halogens is 2. The third-order valence-corrected chi connectivity index (χ3v) is 7.28. The van der Waals surface area contributed by atoms with Crippen LogP contribution in [0.15, 0.2) is 54.7 Å². The second kappa shape index (κ2) is 14.2. The lowest BCUT2D eigenvalue weighted by Crippen LogP contribution is -2.53. The normalized spacial score (nSPS) is 15.8. The number of piperazine rings is 1. The third-order valence-electron chi connectivity index (χ3n) is 6.86. The smallest absolute Gasteiger partial charge is 0.412 e. The van der Waals surface area contributed by atoms with Gasteiger partial charge in [0.25, 0.3) is 0 Å². The van der Waals surface area contributed by atoms with Crippen LogP contribution in [0.2, 0.25) is 5.02 Å². The fourth-order valence-corrected chi connectivity index (χ4v) is 4.90. The van der Waals surface area contributed by atoms with Crippen molar-refractivity contribution in [2.24, 2.45) is 0 Å². The van der Waals surface area contributed by atoms with Gasteiger partial charge in [-0.2, -0.15) is 0 Å². The lowest BCUT2D eigenvalue weighted by molar-refractivity contribution is -0.138. The van der Waals surface area contributed by atoms with Crippen LogP contribution in [-0.2, 0) is 20.9 Å². The average Bonchev–Trinajstić information content (AvgIpc) is 2.95. The molecule has 2 aromatic carbocycles. The predicted molar refractivity (Wildman–Crippen MR) is 155 cm³/mol. The van der Waals surface area contributed by atoms with Crippen LogP contribution in [0.1, 0.15) is 32.3 Å². The molecule has 41 heavy (non-hydrogen) atoms. The van der Waals surface area contributed by atoms with Gasteiger partial charge in [0.2, 0.25) is 11.8 Å². The molecule has 2 atom stereocenters. The number of carbonyl (C=O) groups excluding carboxylic acids is 3. The maximum atomic E-state index is 14.0. The van der Waals surface area contributed by atoms with Crippen molar-refractivity contribution < 1.29 is 23.5 Å². The van der Waals surface area contributed by atoms with E-state index in [1.165, 1.54) is 24.1 Å². The van der Waals surface area contributed by atoms with Crippen molar-refractivity contribution in [3.63, 3.8) is 0 Å². The molecule has 0 saturated carbocycles. The zero-order valence-corrected chi connectivity index (χ0v) is 23.8. The Morgan fingerprint density at radius 2 is 2.00 bits per heavy atom. The van der Waals surface area contributed by atoms with E-state index in [4.69, 9.17) is 16.3 Å². The van der Waals surface area contributed by atoms with Gasteiger partial charge in [0.15, 0.2) is 0 Å². The number of carbonyl (C=O) groups is 3. The zero-order chi connectivity index (χ0) is 29.4. The highest BCUT2D eigenvalue weighted by atomic mass is 35.5. The molecule has 0 aliphatic carbocycles. The Balaban J connectivity index is 1.44. The van der Waals surface area contributed by atoms with Gasteiger partial charge in [-0.1, -0.05) is 48.0 Å². The van der Waals surface area contributed by atoms with E-state index in [0.29, 0.717) is 31.0 Å². The summed E-state index contributed by atoms with van der Waals surface area (Å²) in [4.78, 5) is 44.4.